The average Bonchev–Trinajstić information content (AvgIpc) is 2.62. The molecule has 1 atom stereocenters. The highest BCUT2D eigenvalue weighted by Crippen LogP contribution is 2.28. The smallest absolute Gasteiger partial charge is 0.341 e. The van der Waals surface area contributed by atoms with Gasteiger partial charge < -0.3 is 24.8 Å². The molecule has 0 fully saturated rings. The molecule has 1 aliphatic rings. The first kappa shape index (κ1) is 17.7. The standard InChI is InChI=1S/C18H18N2O6/c21-7-6-19-9-12(8-11-4-2-1-3-5-11)20-10-13(18(25)26)15(22)16(23)14(20)17(19)24/h1-5,10,12,21,23H,6-9H2,(H,25,26). The summed E-state index contributed by atoms with van der Waals surface area (Å²) in [6.07, 6.45) is 1.58. The zero-order chi connectivity index (χ0) is 18.8. The summed E-state index contributed by atoms with van der Waals surface area (Å²) in [4.78, 5) is 37.4. The number of carboxylic acid groups (broad SMARTS) is 1. The second-order valence-corrected chi connectivity index (χ2v) is 6.10. The van der Waals surface area contributed by atoms with Crippen LogP contribution in [0.5, 0.6) is 5.75 Å². The van der Waals surface area contributed by atoms with Crippen LogP contribution in [-0.4, -0.2) is 56.4 Å². The fourth-order valence-electron chi connectivity index (χ4n) is 3.21. The fourth-order valence-corrected chi connectivity index (χ4v) is 3.21. The van der Waals surface area contributed by atoms with Crippen LogP contribution in [0.4, 0.5) is 0 Å². The molecule has 0 spiro atoms. The number of aromatic hydroxyl groups is 1. The molecule has 0 radical (unpaired) electrons. The minimum atomic E-state index is -1.47. The molecule has 136 valence electrons. The van der Waals surface area contributed by atoms with E-state index in [4.69, 9.17) is 0 Å². The van der Waals surface area contributed by atoms with Gasteiger partial charge in [-0.2, -0.15) is 0 Å². The lowest BCUT2D eigenvalue weighted by Crippen LogP contribution is -2.46. The van der Waals surface area contributed by atoms with Crippen molar-refractivity contribution in [2.24, 2.45) is 0 Å². The van der Waals surface area contributed by atoms with Crippen molar-refractivity contribution in [1.82, 2.24) is 9.47 Å². The van der Waals surface area contributed by atoms with E-state index >= 15 is 0 Å². The first-order chi connectivity index (χ1) is 12.4. The van der Waals surface area contributed by atoms with Gasteiger partial charge in [0.1, 0.15) is 5.56 Å². The Morgan fingerprint density at radius 2 is 1.88 bits per heavy atom. The first-order valence-electron chi connectivity index (χ1n) is 8.09. The molecule has 1 aromatic carbocycles. The highest BCUT2D eigenvalue weighted by Gasteiger charge is 2.35. The van der Waals surface area contributed by atoms with Crippen LogP contribution in [0.2, 0.25) is 0 Å². The summed E-state index contributed by atoms with van der Waals surface area (Å²) >= 11 is 0. The average molecular weight is 358 g/mol. The van der Waals surface area contributed by atoms with Crippen LogP contribution < -0.4 is 5.43 Å². The van der Waals surface area contributed by atoms with Crippen molar-refractivity contribution in [1.29, 1.82) is 0 Å². The maximum Gasteiger partial charge on any atom is 0.341 e. The van der Waals surface area contributed by atoms with Gasteiger partial charge in [-0.25, -0.2) is 4.79 Å². The highest BCUT2D eigenvalue weighted by molar-refractivity contribution is 5.97. The molecule has 1 aromatic heterocycles. The van der Waals surface area contributed by atoms with Gasteiger partial charge in [-0.3, -0.25) is 9.59 Å². The van der Waals surface area contributed by atoms with E-state index in [1.165, 1.54) is 9.47 Å². The number of carbonyl (C=O) groups is 2. The topological polar surface area (TPSA) is 120 Å². The molecule has 2 heterocycles. The van der Waals surface area contributed by atoms with E-state index in [2.05, 4.69) is 0 Å². The molecule has 3 rings (SSSR count). The SMILES string of the molecule is O=C(O)c1cn2c(c(O)c1=O)C(=O)N(CCO)CC2Cc1ccccc1. The van der Waals surface area contributed by atoms with Gasteiger partial charge in [0.25, 0.3) is 5.91 Å². The third-order valence-corrected chi connectivity index (χ3v) is 4.44. The number of amides is 1. The number of hydrogen-bond donors (Lipinski definition) is 3. The molecule has 0 bridgehead atoms. The molecule has 3 N–H and O–H groups in total. The summed E-state index contributed by atoms with van der Waals surface area (Å²) in [5.74, 6) is -2.96. The van der Waals surface area contributed by atoms with Crippen LogP contribution in [0.15, 0.2) is 41.3 Å². The Kier molecular flexibility index (Phi) is 4.77. The quantitative estimate of drug-likeness (QED) is 0.715. The van der Waals surface area contributed by atoms with Gasteiger partial charge in [0.2, 0.25) is 5.43 Å². The van der Waals surface area contributed by atoms with Gasteiger partial charge in [0.05, 0.1) is 12.6 Å². The predicted octanol–water partition coefficient (Wildman–Crippen LogP) is 0.484. The predicted molar refractivity (Wildman–Crippen MR) is 91.5 cm³/mol. The molecule has 2 aromatic rings. The lowest BCUT2D eigenvalue weighted by molar-refractivity contribution is 0.0612. The number of benzene rings is 1. The summed E-state index contributed by atoms with van der Waals surface area (Å²) in [5.41, 5.74) is -0.980. The summed E-state index contributed by atoms with van der Waals surface area (Å²) in [5, 5.41) is 28.6. The van der Waals surface area contributed by atoms with Crippen LogP contribution in [0.3, 0.4) is 0 Å². The number of nitrogens with zero attached hydrogens (tertiary/aromatic N) is 2. The molecule has 0 aliphatic carbocycles. The van der Waals surface area contributed by atoms with E-state index < -0.39 is 28.6 Å². The normalized spacial score (nSPS) is 16.4. The highest BCUT2D eigenvalue weighted by atomic mass is 16.4. The van der Waals surface area contributed by atoms with Crippen molar-refractivity contribution in [2.45, 2.75) is 12.5 Å². The van der Waals surface area contributed by atoms with Crippen molar-refractivity contribution in [3.8, 4) is 5.75 Å². The van der Waals surface area contributed by atoms with Crippen molar-refractivity contribution >= 4 is 11.9 Å². The monoisotopic (exact) mass is 358 g/mol. The Labute approximate surface area is 148 Å². The molecular weight excluding hydrogens is 340 g/mol. The van der Waals surface area contributed by atoms with Crippen molar-refractivity contribution in [3.05, 3.63) is 63.6 Å². The second kappa shape index (κ2) is 7.01. The van der Waals surface area contributed by atoms with E-state index in [0.717, 1.165) is 11.8 Å². The van der Waals surface area contributed by atoms with Crippen molar-refractivity contribution < 1.29 is 24.9 Å². The van der Waals surface area contributed by atoms with Crippen LogP contribution in [0.1, 0.15) is 32.5 Å². The first-order valence-corrected chi connectivity index (χ1v) is 8.09. The fraction of sp³-hybridized carbons (Fsp3) is 0.278. The lowest BCUT2D eigenvalue weighted by Gasteiger charge is -2.36. The van der Waals surface area contributed by atoms with Crippen LogP contribution in [0.25, 0.3) is 0 Å². The van der Waals surface area contributed by atoms with Crippen LogP contribution in [-0.2, 0) is 6.42 Å². The van der Waals surface area contributed by atoms with Crippen molar-refractivity contribution in [3.63, 3.8) is 0 Å². The van der Waals surface area contributed by atoms with E-state index in [-0.39, 0.29) is 31.4 Å². The third-order valence-electron chi connectivity index (χ3n) is 4.44. The second-order valence-electron chi connectivity index (χ2n) is 6.10. The minimum Gasteiger partial charge on any atom is -0.503 e. The molecule has 1 unspecified atom stereocenters. The zero-order valence-corrected chi connectivity index (χ0v) is 13.8. The number of aromatic nitrogens is 1. The molecule has 0 saturated carbocycles. The summed E-state index contributed by atoms with van der Waals surface area (Å²) in [6.45, 7) is 0.0170. The molecule has 1 aliphatic heterocycles. The van der Waals surface area contributed by atoms with Gasteiger partial charge in [0, 0.05) is 19.3 Å². The number of carboxylic acids is 1. The summed E-state index contributed by atoms with van der Waals surface area (Å²) in [7, 11) is 0. The van der Waals surface area contributed by atoms with Crippen molar-refractivity contribution in [2.75, 3.05) is 19.7 Å². The molecule has 0 saturated heterocycles. The number of fused-ring (bicyclic) bond motifs is 1. The number of pyridine rings is 1. The number of β-amino-alcohol motifs (C(OH)–C–C–N with tert-alkyl or cyclic N) is 1. The largest absolute Gasteiger partial charge is 0.503 e. The van der Waals surface area contributed by atoms with Gasteiger partial charge in [-0.15, -0.1) is 0 Å². The Morgan fingerprint density at radius 3 is 2.50 bits per heavy atom. The number of carbonyl (C=O) groups excluding carboxylic acids is 1. The Morgan fingerprint density at radius 1 is 1.19 bits per heavy atom. The Hall–Kier alpha value is -3.13. The summed E-state index contributed by atoms with van der Waals surface area (Å²) < 4.78 is 1.36. The van der Waals surface area contributed by atoms with E-state index in [9.17, 15) is 29.7 Å². The van der Waals surface area contributed by atoms with E-state index in [1.807, 2.05) is 30.3 Å². The molecule has 26 heavy (non-hydrogen) atoms. The third kappa shape index (κ3) is 3.06. The number of aliphatic hydroxyl groups excluding tert-OH is 1. The number of hydrogen-bond acceptors (Lipinski definition) is 5. The zero-order valence-electron chi connectivity index (χ0n) is 13.8. The van der Waals surface area contributed by atoms with Crippen LogP contribution in [0, 0.1) is 0 Å². The molecule has 1 amide bonds. The van der Waals surface area contributed by atoms with Gasteiger partial charge in [0.15, 0.2) is 11.4 Å². The maximum absolute atomic E-state index is 12.6. The van der Waals surface area contributed by atoms with Gasteiger partial charge in [-0.1, -0.05) is 30.3 Å². The Bertz CT molecular complexity index is 906. The number of aromatic carboxylic acids is 1. The van der Waals surface area contributed by atoms with E-state index in [1.54, 1.807) is 0 Å². The van der Waals surface area contributed by atoms with Gasteiger partial charge >= 0.3 is 5.97 Å². The lowest BCUT2D eigenvalue weighted by atomic mass is 10.0. The van der Waals surface area contributed by atoms with E-state index in [0.29, 0.717) is 6.42 Å². The Balaban J connectivity index is 2.14. The van der Waals surface area contributed by atoms with Gasteiger partial charge in [-0.05, 0) is 12.0 Å². The number of aliphatic hydroxyl groups is 1. The maximum atomic E-state index is 12.6. The molecule has 8 heteroatoms. The number of rotatable bonds is 5. The molecule has 8 nitrogen and oxygen atoms in total. The van der Waals surface area contributed by atoms with Crippen LogP contribution >= 0.6 is 0 Å². The molecular formula is C18H18N2O6. The summed E-state index contributed by atoms with van der Waals surface area (Å²) in [6, 6.07) is 8.99. The minimum absolute atomic E-state index is 0.0540.